The van der Waals surface area contributed by atoms with Crippen LogP contribution in [0.5, 0.6) is 0 Å². The van der Waals surface area contributed by atoms with Crippen LogP contribution in [0.15, 0.2) is 40.4 Å². The normalized spacial score (nSPS) is 21.4. The fraction of sp³-hybridized carbons (Fsp3) is 0.500. The van der Waals surface area contributed by atoms with Gasteiger partial charge in [-0.15, -0.1) is 0 Å². The highest BCUT2D eigenvalue weighted by atomic mass is 79.9. The minimum absolute atomic E-state index is 0.0702. The summed E-state index contributed by atoms with van der Waals surface area (Å²) >= 11 is 6.85. The van der Waals surface area contributed by atoms with E-state index >= 15 is 0 Å². The monoisotopic (exact) mass is 443 g/mol. The molecule has 1 amide bonds. The van der Waals surface area contributed by atoms with Gasteiger partial charge >= 0.3 is 0 Å². The van der Waals surface area contributed by atoms with Crippen molar-refractivity contribution >= 4 is 37.8 Å². The molecule has 0 spiro atoms. The number of hydrogen-bond donors (Lipinski definition) is 1. The predicted octanol–water partition coefficient (Wildman–Crippen LogP) is 4.73. The molecule has 0 radical (unpaired) electrons. The lowest BCUT2D eigenvalue weighted by Gasteiger charge is -2.33. The highest BCUT2D eigenvalue weighted by Gasteiger charge is 2.48. The van der Waals surface area contributed by atoms with Gasteiger partial charge in [0.2, 0.25) is 0 Å². The first-order chi connectivity index (χ1) is 11.0. The van der Waals surface area contributed by atoms with Crippen LogP contribution in [-0.4, -0.2) is 27.0 Å². The van der Waals surface area contributed by atoms with Crippen molar-refractivity contribution in [1.82, 2.24) is 4.90 Å². The van der Waals surface area contributed by atoms with Crippen LogP contribution >= 0.6 is 31.9 Å². The van der Waals surface area contributed by atoms with E-state index < -0.39 is 5.72 Å². The Labute approximate surface area is 155 Å². The number of halogens is 2. The Morgan fingerprint density at radius 1 is 1.17 bits per heavy atom. The summed E-state index contributed by atoms with van der Waals surface area (Å²) in [6.07, 6.45) is 5.13. The number of rotatable bonds is 8. The van der Waals surface area contributed by atoms with Gasteiger partial charge in [0.1, 0.15) is 0 Å². The van der Waals surface area contributed by atoms with E-state index in [4.69, 9.17) is 0 Å². The lowest BCUT2D eigenvalue weighted by atomic mass is 10.1. The summed E-state index contributed by atoms with van der Waals surface area (Å²) in [7, 11) is 0. The minimum atomic E-state index is -1.30. The minimum Gasteiger partial charge on any atom is -0.366 e. The molecule has 1 aromatic carbocycles. The average Bonchev–Trinajstić information content (AvgIpc) is 2.75. The standard InChI is InChI=1S/C18H23Br2NO2/c1-2-3-4-8-11-15-16(20)18(23,13-19)21(17(15)22)12-14-9-6-5-7-10-14/h5-7,9-10,23H,2-4,8,11-13H2,1H3. The molecular formula is C18H23Br2NO2. The molecule has 0 aliphatic carbocycles. The first-order valence-corrected chi connectivity index (χ1v) is 9.99. The SMILES string of the molecule is CCCCCCC1=C(Br)C(O)(CBr)N(Cc2ccccc2)C1=O. The average molecular weight is 445 g/mol. The molecular weight excluding hydrogens is 422 g/mol. The second kappa shape index (κ2) is 8.45. The summed E-state index contributed by atoms with van der Waals surface area (Å²) in [6, 6.07) is 9.76. The molecule has 0 fully saturated rings. The number of alkyl halides is 1. The van der Waals surface area contributed by atoms with E-state index in [0.29, 0.717) is 23.0 Å². The van der Waals surface area contributed by atoms with Gasteiger partial charge < -0.3 is 10.0 Å². The molecule has 0 saturated carbocycles. The van der Waals surface area contributed by atoms with Gasteiger partial charge in [0, 0.05) is 12.1 Å². The maximum Gasteiger partial charge on any atom is 0.253 e. The molecule has 0 bridgehead atoms. The number of carbonyl (C=O) groups excluding carboxylic acids is 1. The van der Waals surface area contributed by atoms with E-state index in [0.717, 1.165) is 18.4 Å². The van der Waals surface area contributed by atoms with Gasteiger partial charge in [-0.3, -0.25) is 4.79 Å². The molecule has 126 valence electrons. The maximum atomic E-state index is 12.8. The molecule has 2 rings (SSSR count). The first-order valence-electron chi connectivity index (χ1n) is 8.08. The Hall–Kier alpha value is -0.650. The number of nitrogens with zero attached hydrogens (tertiary/aromatic N) is 1. The number of amides is 1. The molecule has 1 aromatic rings. The van der Waals surface area contributed by atoms with Crippen molar-refractivity contribution in [2.75, 3.05) is 5.33 Å². The van der Waals surface area contributed by atoms with Gasteiger partial charge in [-0.05, 0) is 34.3 Å². The summed E-state index contributed by atoms with van der Waals surface area (Å²) in [5, 5.41) is 11.3. The second-order valence-electron chi connectivity index (χ2n) is 5.93. The quantitative estimate of drug-likeness (QED) is 0.465. The molecule has 1 aliphatic heterocycles. The molecule has 23 heavy (non-hydrogen) atoms. The molecule has 5 heteroatoms. The zero-order valence-corrected chi connectivity index (χ0v) is 16.6. The van der Waals surface area contributed by atoms with Crippen molar-refractivity contribution in [1.29, 1.82) is 0 Å². The third-order valence-electron chi connectivity index (χ3n) is 4.22. The van der Waals surface area contributed by atoms with E-state index in [1.54, 1.807) is 4.90 Å². The predicted molar refractivity (Wildman–Crippen MR) is 100 cm³/mol. The third-order valence-corrected chi connectivity index (χ3v) is 6.11. The summed E-state index contributed by atoms with van der Waals surface area (Å²) in [6.45, 7) is 2.57. The molecule has 0 saturated heterocycles. The van der Waals surface area contributed by atoms with E-state index in [2.05, 4.69) is 38.8 Å². The number of unbranched alkanes of at least 4 members (excludes halogenated alkanes) is 3. The van der Waals surface area contributed by atoms with Crippen molar-refractivity contribution in [2.24, 2.45) is 0 Å². The van der Waals surface area contributed by atoms with Crippen LogP contribution in [0.4, 0.5) is 0 Å². The number of hydrogen-bond acceptors (Lipinski definition) is 2. The summed E-state index contributed by atoms with van der Waals surface area (Å²) in [5.41, 5.74) is 0.416. The first kappa shape index (κ1) is 18.7. The van der Waals surface area contributed by atoms with E-state index in [1.165, 1.54) is 12.8 Å². The maximum absolute atomic E-state index is 12.8. The molecule has 1 aliphatic rings. The summed E-state index contributed by atoms with van der Waals surface area (Å²) in [4.78, 5) is 14.4. The van der Waals surface area contributed by atoms with Gasteiger partial charge in [0.25, 0.3) is 5.91 Å². The Bertz CT molecular complexity index is 574. The fourth-order valence-corrected chi connectivity index (χ4v) is 4.51. The Balaban J connectivity index is 2.16. The van der Waals surface area contributed by atoms with E-state index in [9.17, 15) is 9.90 Å². The van der Waals surface area contributed by atoms with Crippen LogP contribution in [0.25, 0.3) is 0 Å². The van der Waals surface area contributed by atoms with E-state index in [-0.39, 0.29) is 11.2 Å². The van der Waals surface area contributed by atoms with Crippen molar-refractivity contribution in [2.45, 2.75) is 51.3 Å². The highest BCUT2D eigenvalue weighted by Crippen LogP contribution is 2.41. The second-order valence-corrected chi connectivity index (χ2v) is 7.28. The van der Waals surface area contributed by atoms with Crippen LogP contribution < -0.4 is 0 Å². The van der Waals surface area contributed by atoms with Crippen molar-refractivity contribution in [3.63, 3.8) is 0 Å². The van der Waals surface area contributed by atoms with Crippen molar-refractivity contribution < 1.29 is 9.90 Å². The molecule has 0 aromatic heterocycles. The van der Waals surface area contributed by atoms with Crippen molar-refractivity contribution in [3.05, 3.63) is 46.0 Å². The topological polar surface area (TPSA) is 40.5 Å². The largest absolute Gasteiger partial charge is 0.366 e. The lowest BCUT2D eigenvalue weighted by molar-refractivity contribution is -0.140. The smallest absolute Gasteiger partial charge is 0.253 e. The van der Waals surface area contributed by atoms with E-state index in [1.807, 2.05) is 30.3 Å². The molecule has 1 atom stereocenters. The van der Waals surface area contributed by atoms with Crippen LogP contribution in [-0.2, 0) is 11.3 Å². The van der Waals surface area contributed by atoms with Gasteiger partial charge in [0.15, 0.2) is 5.72 Å². The zero-order valence-electron chi connectivity index (χ0n) is 13.4. The van der Waals surface area contributed by atoms with Gasteiger partial charge in [-0.2, -0.15) is 0 Å². The number of carbonyl (C=O) groups is 1. The number of benzene rings is 1. The van der Waals surface area contributed by atoms with Gasteiger partial charge in [-0.25, -0.2) is 0 Å². The van der Waals surface area contributed by atoms with Crippen LogP contribution in [0.3, 0.4) is 0 Å². The van der Waals surface area contributed by atoms with Gasteiger partial charge in [0.05, 0.1) is 9.81 Å². The number of aliphatic hydroxyl groups is 1. The molecule has 3 nitrogen and oxygen atoms in total. The lowest BCUT2D eigenvalue weighted by Crippen LogP contribution is -2.48. The van der Waals surface area contributed by atoms with Gasteiger partial charge in [-0.1, -0.05) is 72.4 Å². The van der Waals surface area contributed by atoms with Crippen molar-refractivity contribution in [3.8, 4) is 0 Å². The van der Waals surface area contributed by atoms with Crippen LogP contribution in [0, 0.1) is 0 Å². The zero-order chi connectivity index (χ0) is 16.9. The Kier molecular flexibility index (Phi) is 6.86. The summed E-state index contributed by atoms with van der Waals surface area (Å²) < 4.78 is 0.610. The third kappa shape index (κ3) is 4.06. The highest BCUT2D eigenvalue weighted by molar-refractivity contribution is 9.12. The summed E-state index contributed by atoms with van der Waals surface area (Å²) in [5.74, 6) is -0.0702. The Morgan fingerprint density at radius 2 is 1.87 bits per heavy atom. The molecule has 1 heterocycles. The fourth-order valence-electron chi connectivity index (χ4n) is 2.83. The Morgan fingerprint density at radius 3 is 2.48 bits per heavy atom. The van der Waals surface area contributed by atoms with Crippen LogP contribution in [0.1, 0.15) is 44.6 Å². The van der Waals surface area contributed by atoms with Crippen LogP contribution in [0.2, 0.25) is 0 Å². The molecule has 1 N–H and O–H groups in total. The molecule has 1 unspecified atom stereocenters.